The molecular weight excluding hydrogens is 324 g/mol. The first-order valence-electron chi connectivity index (χ1n) is 10.6. The third-order valence-electron chi connectivity index (χ3n) is 8.88. The van der Waals surface area contributed by atoms with Crippen LogP contribution in [-0.2, 0) is 14.3 Å². The number of carbonyl (C=O) groups excluding carboxylic acids is 2. The van der Waals surface area contributed by atoms with Gasteiger partial charge < -0.3 is 4.74 Å². The number of hydrogen-bond acceptors (Lipinski definition) is 3. The van der Waals surface area contributed by atoms with E-state index in [1.54, 1.807) is 12.5 Å². The van der Waals surface area contributed by atoms with E-state index in [0.717, 1.165) is 43.9 Å². The molecule has 3 nitrogen and oxygen atoms in total. The molecule has 4 aliphatic rings. The molecule has 0 N–H and O–H groups in total. The first kappa shape index (κ1) is 18.3. The summed E-state index contributed by atoms with van der Waals surface area (Å²) < 4.78 is 5.53. The standard InChI is InChI=1S/C23H34O3/c1-14(24)19-7-8-20-18-6-5-16-13-17(26-15(2)25)9-11-22(16,3)21(18)10-12-23(19,20)4/h5,17-21H,6-13H2,1-4H3/t17-,18-,19+,20-,21-,22-,23-/m1/s1. The summed E-state index contributed by atoms with van der Waals surface area (Å²) in [5, 5.41) is 0. The predicted octanol–water partition coefficient (Wildman–Crippen LogP) is 5.09. The Bertz CT molecular complexity index is 650. The summed E-state index contributed by atoms with van der Waals surface area (Å²) in [5.74, 6) is 2.72. The molecule has 0 spiro atoms. The van der Waals surface area contributed by atoms with Gasteiger partial charge in [-0.05, 0) is 80.5 Å². The molecule has 0 aromatic carbocycles. The zero-order valence-corrected chi connectivity index (χ0v) is 16.8. The van der Waals surface area contributed by atoms with Crippen molar-refractivity contribution >= 4 is 11.8 Å². The van der Waals surface area contributed by atoms with E-state index in [9.17, 15) is 9.59 Å². The van der Waals surface area contributed by atoms with Crippen LogP contribution in [0.3, 0.4) is 0 Å². The Morgan fingerprint density at radius 3 is 2.50 bits per heavy atom. The molecule has 144 valence electrons. The van der Waals surface area contributed by atoms with E-state index in [0.29, 0.717) is 11.7 Å². The Morgan fingerprint density at radius 2 is 1.81 bits per heavy atom. The van der Waals surface area contributed by atoms with Crippen molar-refractivity contribution in [2.45, 2.75) is 85.2 Å². The van der Waals surface area contributed by atoms with E-state index in [2.05, 4.69) is 19.9 Å². The number of fused-ring (bicyclic) bond motifs is 5. The number of allylic oxidation sites excluding steroid dienone is 1. The first-order chi connectivity index (χ1) is 12.3. The molecule has 3 saturated carbocycles. The van der Waals surface area contributed by atoms with Crippen molar-refractivity contribution in [3.05, 3.63) is 11.6 Å². The van der Waals surface area contributed by atoms with Crippen molar-refractivity contribution in [3.63, 3.8) is 0 Å². The lowest BCUT2D eigenvalue weighted by atomic mass is 9.47. The summed E-state index contributed by atoms with van der Waals surface area (Å²) in [4.78, 5) is 23.6. The molecular formula is C23H34O3. The van der Waals surface area contributed by atoms with Crippen molar-refractivity contribution in [3.8, 4) is 0 Å². The summed E-state index contributed by atoms with van der Waals surface area (Å²) in [6.07, 6.45) is 11.6. The van der Waals surface area contributed by atoms with Crippen LogP contribution in [0.4, 0.5) is 0 Å². The minimum Gasteiger partial charge on any atom is -0.462 e. The largest absolute Gasteiger partial charge is 0.462 e. The summed E-state index contributed by atoms with van der Waals surface area (Å²) in [6, 6.07) is 0. The summed E-state index contributed by atoms with van der Waals surface area (Å²) in [5.41, 5.74) is 2.04. The highest BCUT2D eigenvalue weighted by Gasteiger charge is 2.59. The summed E-state index contributed by atoms with van der Waals surface area (Å²) in [7, 11) is 0. The third-order valence-corrected chi connectivity index (χ3v) is 8.88. The highest BCUT2D eigenvalue weighted by Crippen LogP contribution is 2.66. The topological polar surface area (TPSA) is 43.4 Å². The fraction of sp³-hybridized carbons (Fsp3) is 0.826. The molecule has 7 atom stereocenters. The molecule has 3 heteroatoms. The molecule has 26 heavy (non-hydrogen) atoms. The van der Waals surface area contributed by atoms with Gasteiger partial charge in [0.15, 0.2) is 0 Å². The van der Waals surface area contributed by atoms with Crippen LogP contribution in [0, 0.1) is 34.5 Å². The minimum atomic E-state index is -0.150. The molecule has 0 bridgehead atoms. The van der Waals surface area contributed by atoms with Gasteiger partial charge in [-0.15, -0.1) is 0 Å². The zero-order chi connectivity index (χ0) is 18.7. The van der Waals surface area contributed by atoms with Crippen LogP contribution in [-0.4, -0.2) is 17.9 Å². The van der Waals surface area contributed by atoms with Crippen LogP contribution in [0.25, 0.3) is 0 Å². The molecule has 0 aromatic heterocycles. The van der Waals surface area contributed by atoms with Crippen molar-refractivity contribution in [2.24, 2.45) is 34.5 Å². The number of hydrogen-bond donors (Lipinski definition) is 0. The zero-order valence-electron chi connectivity index (χ0n) is 16.8. The number of Topliss-reactive ketones (excluding diaryl/α,β-unsaturated/α-hetero) is 1. The predicted molar refractivity (Wildman–Crippen MR) is 101 cm³/mol. The minimum absolute atomic E-state index is 0.0748. The van der Waals surface area contributed by atoms with Crippen LogP contribution in [0.5, 0.6) is 0 Å². The van der Waals surface area contributed by atoms with E-state index in [1.165, 1.54) is 26.2 Å². The molecule has 0 saturated heterocycles. The van der Waals surface area contributed by atoms with E-state index < -0.39 is 0 Å². The molecule has 0 amide bonds. The average Bonchev–Trinajstić information content (AvgIpc) is 2.92. The Labute approximate surface area is 157 Å². The van der Waals surface area contributed by atoms with Crippen molar-refractivity contribution < 1.29 is 14.3 Å². The smallest absolute Gasteiger partial charge is 0.302 e. The maximum absolute atomic E-state index is 12.2. The number of carbonyl (C=O) groups is 2. The maximum atomic E-state index is 12.2. The van der Waals surface area contributed by atoms with E-state index >= 15 is 0 Å². The van der Waals surface area contributed by atoms with Gasteiger partial charge in [0.1, 0.15) is 11.9 Å². The Morgan fingerprint density at radius 1 is 1.04 bits per heavy atom. The third kappa shape index (κ3) is 2.60. The van der Waals surface area contributed by atoms with Crippen LogP contribution in [0.15, 0.2) is 11.6 Å². The molecule has 0 aromatic rings. The normalized spacial score (nSPS) is 47.2. The Kier molecular flexibility index (Phi) is 4.36. The van der Waals surface area contributed by atoms with Crippen molar-refractivity contribution in [1.29, 1.82) is 0 Å². The van der Waals surface area contributed by atoms with Crippen LogP contribution >= 0.6 is 0 Å². The van der Waals surface area contributed by atoms with Gasteiger partial charge in [0, 0.05) is 19.3 Å². The average molecular weight is 359 g/mol. The Hall–Kier alpha value is -1.12. The van der Waals surface area contributed by atoms with Gasteiger partial charge in [-0.3, -0.25) is 9.59 Å². The van der Waals surface area contributed by atoms with Gasteiger partial charge >= 0.3 is 5.97 Å². The lowest BCUT2D eigenvalue weighted by molar-refractivity contribution is -0.149. The lowest BCUT2D eigenvalue weighted by Gasteiger charge is -2.58. The van der Waals surface area contributed by atoms with E-state index in [-0.39, 0.29) is 28.8 Å². The fourth-order valence-electron chi connectivity index (χ4n) is 7.63. The van der Waals surface area contributed by atoms with Crippen molar-refractivity contribution in [2.75, 3.05) is 0 Å². The molecule has 0 unspecified atom stereocenters. The Balaban J connectivity index is 1.59. The second kappa shape index (κ2) is 6.21. The number of rotatable bonds is 2. The maximum Gasteiger partial charge on any atom is 0.302 e. The quantitative estimate of drug-likeness (QED) is 0.510. The second-order valence-corrected chi connectivity index (χ2v) is 10.0. The molecule has 0 aliphatic heterocycles. The molecule has 0 heterocycles. The van der Waals surface area contributed by atoms with Crippen LogP contribution in [0.1, 0.15) is 79.1 Å². The molecule has 0 radical (unpaired) electrons. The lowest BCUT2D eigenvalue weighted by Crippen LogP contribution is -2.51. The van der Waals surface area contributed by atoms with Gasteiger partial charge in [0.05, 0.1) is 0 Å². The van der Waals surface area contributed by atoms with Gasteiger partial charge in [0.2, 0.25) is 0 Å². The first-order valence-corrected chi connectivity index (χ1v) is 10.6. The molecule has 3 fully saturated rings. The number of ketones is 1. The van der Waals surface area contributed by atoms with Gasteiger partial charge in [0.25, 0.3) is 0 Å². The summed E-state index contributed by atoms with van der Waals surface area (Å²) >= 11 is 0. The highest BCUT2D eigenvalue weighted by atomic mass is 16.5. The number of ether oxygens (including phenoxy) is 1. The SMILES string of the molecule is CC(=O)O[C@@H]1CC[C@]2(C)C(=CC[C@@H]3[C@H]4CC[C@@H](C(C)=O)[C@@]4(C)CC[C@H]32)C1. The monoisotopic (exact) mass is 358 g/mol. The van der Waals surface area contributed by atoms with Gasteiger partial charge in [-0.25, -0.2) is 0 Å². The van der Waals surface area contributed by atoms with Crippen LogP contribution < -0.4 is 0 Å². The van der Waals surface area contributed by atoms with Gasteiger partial charge in [-0.1, -0.05) is 25.5 Å². The summed E-state index contributed by atoms with van der Waals surface area (Å²) in [6.45, 7) is 8.21. The molecule has 4 rings (SSSR count). The van der Waals surface area contributed by atoms with Crippen LogP contribution in [0.2, 0.25) is 0 Å². The van der Waals surface area contributed by atoms with E-state index in [4.69, 9.17) is 4.74 Å². The van der Waals surface area contributed by atoms with Crippen molar-refractivity contribution in [1.82, 2.24) is 0 Å². The fourth-order valence-corrected chi connectivity index (χ4v) is 7.63. The second-order valence-electron chi connectivity index (χ2n) is 10.0. The van der Waals surface area contributed by atoms with E-state index in [1.807, 2.05) is 0 Å². The van der Waals surface area contributed by atoms with Gasteiger partial charge in [-0.2, -0.15) is 0 Å². The molecule has 4 aliphatic carbocycles. The highest BCUT2D eigenvalue weighted by molar-refractivity contribution is 5.79. The number of esters is 1.